The molecule has 3 N–H and O–H groups in total. The zero-order valence-electron chi connectivity index (χ0n) is 10.3. The van der Waals surface area contributed by atoms with E-state index in [0.717, 1.165) is 12.8 Å². The second-order valence-corrected chi connectivity index (χ2v) is 4.45. The van der Waals surface area contributed by atoms with E-state index < -0.39 is 0 Å². The lowest BCUT2D eigenvalue weighted by atomic mass is 10.0. The SMILES string of the molecule is Cc1ccc(C(=O)N2CCCCC2C(N)=NO)o1. The molecule has 1 atom stereocenters. The summed E-state index contributed by atoms with van der Waals surface area (Å²) in [5.74, 6) is 0.853. The highest BCUT2D eigenvalue weighted by atomic mass is 16.4. The number of nitrogens with two attached hydrogens (primary N) is 1. The number of amidine groups is 1. The Balaban J connectivity index is 2.21. The molecule has 0 aliphatic carbocycles. The quantitative estimate of drug-likeness (QED) is 0.359. The van der Waals surface area contributed by atoms with E-state index in [0.29, 0.717) is 24.5 Å². The van der Waals surface area contributed by atoms with Gasteiger partial charge in [0.2, 0.25) is 0 Å². The molecule has 18 heavy (non-hydrogen) atoms. The number of amides is 1. The Bertz CT molecular complexity index is 467. The minimum absolute atomic E-state index is 0.0753. The summed E-state index contributed by atoms with van der Waals surface area (Å²) < 4.78 is 5.33. The van der Waals surface area contributed by atoms with Gasteiger partial charge in [0.1, 0.15) is 5.76 Å². The first-order chi connectivity index (χ1) is 8.63. The monoisotopic (exact) mass is 251 g/mol. The predicted octanol–water partition coefficient (Wildman–Crippen LogP) is 1.33. The van der Waals surface area contributed by atoms with Gasteiger partial charge < -0.3 is 20.3 Å². The van der Waals surface area contributed by atoms with Crippen LogP contribution in [-0.2, 0) is 0 Å². The largest absolute Gasteiger partial charge is 0.456 e. The minimum Gasteiger partial charge on any atom is -0.456 e. The fraction of sp³-hybridized carbons (Fsp3) is 0.500. The van der Waals surface area contributed by atoms with E-state index in [-0.39, 0.29) is 17.8 Å². The van der Waals surface area contributed by atoms with Gasteiger partial charge in [-0.2, -0.15) is 0 Å². The van der Waals surface area contributed by atoms with Crippen molar-refractivity contribution in [1.29, 1.82) is 0 Å². The summed E-state index contributed by atoms with van der Waals surface area (Å²) >= 11 is 0. The number of hydrogen-bond acceptors (Lipinski definition) is 4. The molecule has 0 saturated carbocycles. The molecule has 0 radical (unpaired) electrons. The van der Waals surface area contributed by atoms with Crippen molar-refractivity contribution in [1.82, 2.24) is 4.90 Å². The van der Waals surface area contributed by atoms with E-state index in [1.165, 1.54) is 0 Å². The summed E-state index contributed by atoms with van der Waals surface area (Å²) in [7, 11) is 0. The average Bonchev–Trinajstić information content (AvgIpc) is 2.83. The number of nitrogens with zero attached hydrogens (tertiary/aromatic N) is 2. The van der Waals surface area contributed by atoms with Crippen molar-refractivity contribution in [3.05, 3.63) is 23.7 Å². The lowest BCUT2D eigenvalue weighted by molar-refractivity contribution is 0.0643. The highest BCUT2D eigenvalue weighted by Gasteiger charge is 2.31. The molecule has 0 bridgehead atoms. The maximum Gasteiger partial charge on any atom is 0.290 e. The molecular weight excluding hydrogens is 234 g/mol. The van der Waals surface area contributed by atoms with E-state index in [9.17, 15) is 4.79 Å². The second-order valence-electron chi connectivity index (χ2n) is 4.45. The van der Waals surface area contributed by atoms with Crippen LogP contribution in [0.2, 0.25) is 0 Å². The van der Waals surface area contributed by atoms with E-state index in [4.69, 9.17) is 15.4 Å². The number of furan rings is 1. The number of rotatable bonds is 2. The van der Waals surface area contributed by atoms with E-state index in [1.54, 1.807) is 24.0 Å². The Morgan fingerprint density at radius 2 is 2.33 bits per heavy atom. The summed E-state index contributed by atoms with van der Waals surface area (Å²) in [6, 6.07) is 3.05. The van der Waals surface area contributed by atoms with Crippen molar-refractivity contribution >= 4 is 11.7 Å². The van der Waals surface area contributed by atoms with Crippen LogP contribution in [-0.4, -0.2) is 34.4 Å². The molecular formula is C12H17N3O3. The maximum absolute atomic E-state index is 12.3. The molecule has 2 heterocycles. The number of piperidine rings is 1. The van der Waals surface area contributed by atoms with Crippen LogP contribution in [0.1, 0.15) is 35.6 Å². The van der Waals surface area contributed by atoms with Crippen LogP contribution in [0.3, 0.4) is 0 Å². The van der Waals surface area contributed by atoms with Gasteiger partial charge in [-0.25, -0.2) is 0 Å². The Morgan fingerprint density at radius 3 is 2.94 bits per heavy atom. The maximum atomic E-state index is 12.3. The normalized spacial score (nSPS) is 21.1. The van der Waals surface area contributed by atoms with E-state index >= 15 is 0 Å². The number of oxime groups is 1. The van der Waals surface area contributed by atoms with Crippen LogP contribution in [0.25, 0.3) is 0 Å². The molecule has 0 aromatic carbocycles. The van der Waals surface area contributed by atoms with Crippen LogP contribution in [0.15, 0.2) is 21.7 Å². The molecule has 1 aromatic heterocycles. The van der Waals surface area contributed by atoms with Gasteiger partial charge in [0.15, 0.2) is 11.6 Å². The predicted molar refractivity (Wildman–Crippen MR) is 65.5 cm³/mol. The zero-order chi connectivity index (χ0) is 13.1. The highest BCUT2D eigenvalue weighted by Crippen LogP contribution is 2.20. The summed E-state index contributed by atoms with van der Waals surface area (Å²) in [6.07, 6.45) is 2.59. The fourth-order valence-electron chi connectivity index (χ4n) is 2.24. The number of carbonyl (C=O) groups excluding carboxylic acids is 1. The molecule has 1 aliphatic heterocycles. The van der Waals surface area contributed by atoms with Crippen LogP contribution >= 0.6 is 0 Å². The number of hydrogen-bond donors (Lipinski definition) is 2. The van der Waals surface area contributed by atoms with Crippen LogP contribution in [0.4, 0.5) is 0 Å². The zero-order valence-corrected chi connectivity index (χ0v) is 10.3. The molecule has 98 valence electrons. The summed E-state index contributed by atoms with van der Waals surface area (Å²) in [5.41, 5.74) is 5.63. The molecule has 1 aromatic rings. The smallest absolute Gasteiger partial charge is 0.290 e. The average molecular weight is 251 g/mol. The van der Waals surface area contributed by atoms with Gasteiger partial charge in [-0.15, -0.1) is 0 Å². The molecule has 1 amide bonds. The number of likely N-dealkylation sites (tertiary alicyclic amines) is 1. The molecule has 1 unspecified atom stereocenters. The topological polar surface area (TPSA) is 92.1 Å². The summed E-state index contributed by atoms with van der Waals surface area (Å²) in [4.78, 5) is 13.9. The Morgan fingerprint density at radius 1 is 1.56 bits per heavy atom. The van der Waals surface area contributed by atoms with Crippen LogP contribution in [0.5, 0.6) is 0 Å². The third kappa shape index (κ3) is 2.32. The van der Waals surface area contributed by atoms with Gasteiger partial charge in [-0.3, -0.25) is 4.79 Å². The number of carbonyl (C=O) groups is 1. The Kier molecular flexibility index (Phi) is 3.55. The first kappa shape index (κ1) is 12.5. The Hall–Kier alpha value is -1.98. The standard InChI is InChI=1S/C12H17N3O3/c1-8-5-6-10(18-8)12(16)15-7-3-2-4-9(15)11(13)14-17/h5-6,9,17H,2-4,7H2,1H3,(H2,13,14). The molecule has 1 fully saturated rings. The van der Waals surface area contributed by atoms with Crippen molar-refractivity contribution in [3.63, 3.8) is 0 Å². The first-order valence-electron chi connectivity index (χ1n) is 5.98. The van der Waals surface area contributed by atoms with Crippen molar-refractivity contribution in [2.24, 2.45) is 10.9 Å². The van der Waals surface area contributed by atoms with Crippen molar-refractivity contribution in [2.45, 2.75) is 32.2 Å². The fourth-order valence-corrected chi connectivity index (χ4v) is 2.24. The second kappa shape index (κ2) is 5.12. The van der Waals surface area contributed by atoms with Gasteiger partial charge in [-0.1, -0.05) is 5.16 Å². The summed E-state index contributed by atoms with van der Waals surface area (Å²) in [6.45, 7) is 2.38. The molecule has 1 aliphatic rings. The number of aryl methyl sites for hydroxylation is 1. The van der Waals surface area contributed by atoms with E-state index in [2.05, 4.69) is 5.16 Å². The third-order valence-electron chi connectivity index (χ3n) is 3.17. The van der Waals surface area contributed by atoms with Gasteiger partial charge in [0.05, 0.1) is 6.04 Å². The van der Waals surface area contributed by atoms with Gasteiger partial charge >= 0.3 is 0 Å². The molecule has 6 nitrogen and oxygen atoms in total. The van der Waals surface area contributed by atoms with Crippen molar-refractivity contribution in [3.8, 4) is 0 Å². The van der Waals surface area contributed by atoms with Crippen LogP contribution < -0.4 is 5.73 Å². The molecule has 6 heteroatoms. The minimum atomic E-state index is -0.346. The lowest BCUT2D eigenvalue weighted by Gasteiger charge is -2.34. The molecule has 2 rings (SSSR count). The molecule has 0 spiro atoms. The van der Waals surface area contributed by atoms with Gasteiger partial charge in [0.25, 0.3) is 5.91 Å². The van der Waals surface area contributed by atoms with Crippen molar-refractivity contribution in [2.75, 3.05) is 6.54 Å². The third-order valence-corrected chi connectivity index (χ3v) is 3.17. The Labute approximate surface area is 105 Å². The van der Waals surface area contributed by atoms with Crippen molar-refractivity contribution < 1.29 is 14.4 Å². The highest BCUT2D eigenvalue weighted by molar-refractivity contribution is 5.96. The van der Waals surface area contributed by atoms with Crippen LogP contribution in [0, 0.1) is 6.92 Å². The lowest BCUT2D eigenvalue weighted by Crippen LogP contribution is -2.50. The first-order valence-corrected chi connectivity index (χ1v) is 5.98. The van der Waals surface area contributed by atoms with Gasteiger partial charge in [-0.05, 0) is 38.3 Å². The van der Waals surface area contributed by atoms with E-state index in [1.807, 2.05) is 0 Å². The summed E-state index contributed by atoms with van der Waals surface area (Å²) in [5, 5.41) is 11.8. The van der Waals surface area contributed by atoms with Gasteiger partial charge in [0, 0.05) is 6.54 Å². The molecule has 1 saturated heterocycles.